The van der Waals surface area contributed by atoms with Gasteiger partial charge in [0.05, 0.1) is 6.10 Å². The minimum atomic E-state index is -0.534. The van der Waals surface area contributed by atoms with E-state index in [-0.39, 0.29) is 17.4 Å². The summed E-state index contributed by atoms with van der Waals surface area (Å²) in [5.74, 6) is -0.346. The van der Waals surface area contributed by atoms with Gasteiger partial charge in [0.15, 0.2) is 5.69 Å². The van der Waals surface area contributed by atoms with Gasteiger partial charge in [0.1, 0.15) is 5.75 Å². The number of carbonyl (C=O) groups is 1. The number of hydrogen-bond acceptors (Lipinski definition) is 5. The second kappa shape index (κ2) is 7.42. The molecule has 6 heteroatoms. The highest BCUT2D eigenvalue weighted by Crippen LogP contribution is 2.18. The van der Waals surface area contributed by atoms with Gasteiger partial charge in [0.25, 0.3) is 5.91 Å². The third kappa shape index (κ3) is 3.72. The number of carbonyl (C=O) groups excluding carboxylic acids is 1. The molecule has 0 unspecified atom stereocenters. The number of piperazine rings is 1. The molecule has 1 aliphatic heterocycles. The summed E-state index contributed by atoms with van der Waals surface area (Å²) < 4.78 is 0. The number of amides is 1. The fourth-order valence-corrected chi connectivity index (χ4v) is 2.87. The zero-order valence-electron chi connectivity index (χ0n) is 13.4. The van der Waals surface area contributed by atoms with Crippen LogP contribution in [0.5, 0.6) is 5.75 Å². The fourth-order valence-electron chi connectivity index (χ4n) is 2.87. The number of pyridine rings is 1. The van der Waals surface area contributed by atoms with Crippen LogP contribution in [0.3, 0.4) is 0 Å². The third-order valence-corrected chi connectivity index (χ3v) is 4.26. The maximum absolute atomic E-state index is 12.4. The van der Waals surface area contributed by atoms with Crippen molar-refractivity contribution in [3.8, 4) is 5.75 Å². The van der Waals surface area contributed by atoms with Crippen molar-refractivity contribution < 1.29 is 15.0 Å². The number of rotatable bonds is 4. The second-order valence-corrected chi connectivity index (χ2v) is 5.89. The van der Waals surface area contributed by atoms with E-state index in [4.69, 9.17) is 0 Å². The quantitative estimate of drug-likeness (QED) is 0.885. The lowest BCUT2D eigenvalue weighted by Gasteiger charge is -2.35. The fraction of sp³-hybridized carbons (Fsp3) is 0.333. The molecule has 0 saturated carbocycles. The highest BCUT2D eigenvalue weighted by Gasteiger charge is 2.25. The number of hydrogen-bond donors (Lipinski definition) is 2. The number of β-amino-alcohol motifs (C(OH)–C–C–N with tert-alkyl or cyclic N) is 1. The summed E-state index contributed by atoms with van der Waals surface area (Å²) >= 11 is 0. The van der Waals surface area contributed by atoms with Gasteiger partial charge in [-0.1, -0.05) is 30.3 Å². The topological polar surface area (TPSA) is 76.9 Å². The minimum absolute atomic E-state index is 0.0928. The van der Waals surface area contributed by atoms with Crippen molar-refractivity contribution in [2.24, 2.45) is 0 Å². The molecule has 2 N–H and O–H groups in total. The average molecular weight is 327 g/mol. The first-order valence-electron chi connectivity index (χ1n) is 8.04. The van der Waals surface area contributed by atoms with E-state index in [9.17, 15) is 15.0 Å². The number of aromatic hydroxyl groups is 1. The highest BCUT2D eigenvalue weighted by atomic mass is 16.3. The van der Waals surface area contributed by atoms with Gasteiger partial charge in [-0.3, -0.25) is 9.69 Å². The smallest absolute Gasteiger partial charge is 0.276 e. The van der Waals surface area contributed by atoms with Crippen molar-refractivity contribution in [1.29, 1.82) is 0 Å². The zero-order chi connectivity index (χ0) is 16.9. The van der Waals surface area contributed by atoms with Crippen LogP contribution in [-0.2, 0) is 0 Å². The average Bonchev–Trinajstić information content (AvgIpc) is 2.63. The zero-order valence-corrected chi connectivity index (χ0v) is 13.4. The molecule has 1 amide bonds. The van der Waals surface area contributed by atoms with Crippen molar-refractivity contribution in [2.75, 3.05) is 32.7 Å². The Hall–Kier alpha value is -2.44. The summed E-state index contributed by atoms with van der Waals surface area (Å²) in [6, 6.07) is 12.6. The monoisotopic (exact) mass is 327 g/mol. The van der Waals surface area contributed by atoms with E-state index < -0.39 is 6.10 Å². The van der Waals surface area contributed by atoms with Gasteiger partial charge in [0, 0.05) is 38.9 Å². The van der Waals surface area contributed by atoms with Gasteiger partial charge in [-0.2, -0.15) is 0 Å². The lowest BCUT2D eigenvalue weighted by atomic mass is 10.1. The maximum Gasteiger partial charge on any atom is 0.276 e. The van der Waals surface area contributed by atoms with Crippen molar-refractivity contribution in [1.82, 2.24) is 14.8 Å². The summed E-state index contributed by atoms with van der Waals surface area (Å²) in [6.07, 6.45) is 0.965. The summed E-state index contributed by atoms with van der Waals surface area (Å²) in [6.45, 7) is 3.01. The van der Waals surface area contributed by atoms with E-state index in [1.807, 2.05) is 30.3 Å². The van der Waals surface area contributed by atoms with Crippen LogP contribution in [0.1, 0.15) is 22.2 Å². The van der Waals surface area contributed by atoms with Crippen LogP contribution >= 0.6 is 0 Å². The summed E-state index contributed by atoms with van der Waals surface area (Å²) in [5.41, 5.74) is 0.990. The Morgan fingerprint density at radius 2 is 1.79 bits per heavy atom. The molecule has 126 valence electrons. The third-order valence-electron chi connectivity index (χ3n) is 4.26. The Morgan fingerprint density at radius 3 is 2.46 bits per heavy atom. The normalized spacial score (nSPS) is 16.8. The summed E-state index contributed by atoms with van der Waals surface area (Å²) in [4.78, 5) is 20.2. The molecule has 24 heavy (non-hydrogen) atoms. The number of aliphatic hydroxyl groups is 1. The molecule has 0 radical (unpaired) electrons. The molecule has 1 saturated heterocycles. The maximum atomic E-state index is 12.4. The molecule has 6 nitrogen and oxygen atoms in total. The lowest BCUT2D eigenvalue weighted by Crippen LogP contribution is -2.49. The van der Waals surface area contributed by atoms with Crippen LogP contribution in [0.2, 0.25) is 0 Å². The molecule has 1 aromatic carbocycles. The van der Waals surface area contributed by atoms with Gasteiger partial charge in [-0.25, -0.2) is 4.98 Å². The molecular formula is C18H21N3O3. The number of aliphatic hydroxyl groups excluding tert-OH is 1. The Bertz CT molecular complexity index is 685. The highest BCUT2D eigenvalue weighted by molar-refractivity contribution is 5.94. The van der Waals surface area contributed by atoms with Crippen molar-refractivity contribution in [3.05, 3.63) is 59.9 Å². The molecule has 0 spiro atoms. The Kier molecular flexibility index (Phi) is 5.08. The summed E-state index contributed by atoms with van der Waals surface area (Å²) in [7, 11) is 0. The largest absolute Gasteiger partial charge is 0.505 e. The molecule has 2 heterocycles. The van der Waals surface area contributed by atoms with Gasteiger partial charge >= 0.3 is 0 Å². The van der Waals surface area contributed by atoms with Crippen molar-refractivity contribution in [3.63, 3.8) is 0 Å². The van der Waals surface area contributed by atoms with Crippen molar-refractivity contribution in [2.45, 2.75) is 6.10 Å². The van der Waals surface area contributed by atoms with E-state index >= 15 is 0 Å². The Balaban J connectivity index is 1.54. The van der Waals surface area contributed by atoms with Crippen LogP contribution < -0.4 is 0 Å². The SMILES string of the molecule is O=C(c1ncccc1O)N1CCN(C[C@@H](O)c2ccccc2)CC1. The van der Waals surface area contributed by atoms with E-state index in [1.54, 1.807) is 11.0 Å². The lowest BCUT2D eigenvalue weighted by molar-refractivity contribution is 0.0520. The minimum Gasteiger partial charge on any atom is -0.505 e. The van der Waals surface area contributed by atoms with Crippen LogP contribution in [0, 0.1) is 0 Å². The Labute approximate surface area is 141 Å². The molecule has 0 aliphatic carbocycles. The van der Waals surface area contributed by atoms with E-state index in [2.05, 4.69) is 9.88 Å². The van der Waals surface area contributed by atoms with Gasteiger partial charge in [-0.05, 0) is 17.7 Å². The van der Waals surface area contributed by atoms with Gasteiger partial charge in [-0.15, -0.1) is 0 Å². The van der Waals surface area contributed by atoms with Crippen LogP contribution in [0.15, 0.2) is 48.7 Å². The second-order valence-electron chi connectivity index (χ2n) is 5.89. The first-order valence-corrected chi connectivity index (χ1v) is 8.04. The molecule has 0 bridgehead atoms. The standard InChI is InChI=1S/C18H21N3O3/c22-15-7-4-8-19-17(15)18(24)21-11-9-20(10-12-21)13-16(23)14-5-2-1-3-6-14/h1-8,16,22-23H,9-13H2/t16-/m1/s1. The molecule has 1 fully saturated rings. The van der Waals surface area contributed by atoms with Crippen LogP contribution in [-0.4, -0.2) is 63.6 Å². The van der Waals surface area contributed by atoms with E-state index in [1.165, 1.54) is 12.3 Å². The molecule has 3 rings (SSSR count). The first-order chi connectivity index (χ1) is 11.6. The van der Waals surface area contributed by atoms with E-state index in [0.717, 1.165) is 5.56 Å². The van der Waals surface area contributed by atoms with Crippen LogP contribution in [0.25, 0.3) is 0 Å². The van der Waals surface area contributed by atoms with E-state index in [0.29, 0.717) is 32.7 Å². The molecule has 1 aromatic heterocycles. The van der Waals surface area contributed by atoms with Crippen molar-refractivity contribution >= 4 is 5.91 Å². The van der Waals surface area contributed by atoms with Crippen LogP contribution in [0.4, 0.5) is 0 Å². The van der Waals surface area contributed by atoms with Gasteiger partial charge in [0.2, 0.25) is 0 Å². The molecule has 2 aromatic rings. The number of benzene rings is 1. The predicted octanol–water partition coefficient (Wildman–Crippen LogP) is 1.28. The molecule has 1 aliphatic rings. The number of nitrogens with zero attached hydrogens (tertiary/aromatic N) is 3. The first kappa shape index (κ1) is 16.4. The molecular weight excluding hydrogens is 306 g/mol. The summed E-state index contributed by atoms with van der Waals surface area (Å²) in [5, 5.41) is 20.1. The Morgan fingerprint density at radius 1 is 1.08 bits per heavy atom. The van der Waals surface area contributed by atoms with Gasteiger partial charge < -0.3 is 15.1 Å². The number of aromatic nitrogens is 1. The predicted molar refractivity (Wildman–Crippen MR) is 89.6 cm³/mol. The molecule has 1 atom stereocenters.